The van der Waals surface area contributed by atoms with E-state index in [0.29, 0.717) is 30.5 Å². The molecule has 1 aliphatic carbocycles. The quantitative estimate of drug-likeness (QED) is 0.870. The van der Waals surface area contributed by atoms with Crippen LogP contribution in [0.15, 0.2) is 41.3 Å². The Morgan fingerprint density at radius 2 is 1.77 bits per heavy atom. The first-order valence-corrected chi connectivity index (χ1v) is 10.0. The molecule has 1 heterocycles. The van der Waals surface area contributed by atoms with Crippen molar-refractivity contribution in [3.8, 4) is 17.2 Å². The van der Waals surface area contributed by atoms with Crippen LogP contribution in [-0.2, 0) is 15.6 Å². The van der Waals surface area contributed by atoms with E-state index in [2.05, 4.69) is 4.72 Å². The van der Waals surface area contributed by atoms with Crippen molar-refractivity contribution in [2.75, 3.05) is 20.3 Å². The molecule has 0 aromatic heterocycles. The van der Waals surface area contributed by atoms with E-state index in [1.165, 1.54) is 7.11 Å². The third kappa shape index (κ3) is 3.01. The summed E-state index contributed by atoms with van der Waals surface area (Å²) < 4.78 is 45.4. The highest BCUT2D eigenvalue weighted by atomic mass is 32.2. The van der Waals surface area contributed by atoms with E-state index < -0.39 is 15.6 Å². The second-order valence-electron chi connectivity index (χ2n) is 6.70. The number of sulfonamides is 1. The van der Waals surface area contributed by atoms with Crippen LogP contribution in [0.2, 0.25) is 0 Å². The van der Waals surface area contributed by atoms with E-state index >= 15 is 0 Å². The largest absolute Gasteiger partial charge is 0.495 e. The molecule has 2 aliphatic rings. The molecule has 0 radical (unpaired) electrons. The van der Waals surface area contributed by atoms with Gasteiger partial charge >= 0.3 is 0 Å². The molecule has 2 aromatic carbocycles. The Morgan fingerprint density at radius 3 is 2.46 bits per heavy atom. The summed E-state index contributed by atoms with van der Waals surface area (Å²) in [6, 6.07) is 10.7. The summed E-state index contributed by atoms with van der Waals surface area (Å²) in [6.45, 7) is 2.87. The number of ether oxygens (including phenoxy) is 3. The fourth-order valence-corrected chi connectivity index (χ4v) is 4.93. The average Bonchev–Trinajstić information content (AvgIpc) is 3.41. The zero-order valence-electron chi connectivity index (χ0n) is 14.7. The summed E-state index contributed by atoms with van der Waals surface area (Å²) >= 11 is 0. The first kappa shape index (κ1) is 17.2. The molecule has 6 nitrogen and oxygen atoms in total. The lowest BCUT2D eigenvalue weighted by Gasteiger charge is -2.23. The monoisotopic (exact) mass is 375 g/mol. The van der Waals surface area contributed by atoms with Crippen molar-refractivity contribution in [3.63, 3.8) is 0 Å². The van der Waals surface area contributed by atoms with E-state index in [1.807, 2.05) is 31.2 Å². The molecular formula is C19H21NO5S. The molecule has 1 N–H and O–H groups in total. The summed E-state index contributed by atoms with van der Waals surface area (Å²) in [5.74, 6) is 1.69. The second-order valence-corrected chi connectivity index (χ2v) is 8.35. The van der Waals surface area contributed by atoms with Crippen LogP contribution in [0.1, 0.15) is 24.0 Å². The van der Waals surface area contributed by atoms with Crippen LogP contribution in [0.3, 0.4) is 0 Å². The highest BCUT2D eigenvalue weighted by molar-refractivity contribution is 7.89. The van der Waals surface area contributed by atoms with Crippen molar-refractivity contribution < 1.29 is 22.6 Å². The van der Waals surface area contributed by atoms with Crippen LogP contribution < -0.4 is 18.9 Å². The predicted molar refractivity (Wildman–Crippen MR) is 96.4 cm³/mol. The predicted octanol–water partition coefficient (Wildman–Crippen LogP) is 2.74. The molecular weight excluding hydrogens is 354 g/mol. The molecule has 0 unspecified atom stereocenters. The molecule has 1 aliphatic heterocycles. The molecule has 2 aromatic rings. The van der Waals surface area contributed by atoms with Crippen LogP contribution in [0.25, 0.3) is 0 Å². The minimum absolute atomic E-state index is 0.156. The van der Waals surface area contributed by atoms with Crippen LogP contribution in [0.5, 0.6) is 17.2 Å². The minimum Gasteiger partial charge on any atom is -0.495 e. The van der Waals surface area contributed by atoms with Crippen LogP contribution in [0, 0.1) is 6.92 Å². The Kier molecular flexibility index (Phi) is 4.08. The van der Waals surface area contributed by atoms with Gasteiger partial charge in [0.25, 0.3) is 0 Å². The van der Waals surface area contributed by atoms with Gasteiger partial charge in [0.1, 0.15) is 23.9 Å². The molecule has 4 rings (SSSR count). The van der Waals surface area contributed by atoms with Gasteiger partial charge in [-0.05, 0) is 55.2 Å². The summed E-state index contributed by atoms with van der Waals surface area (Å²) in [4.78, 5) is 0.156. The maximum Gasteiger partial charge on any atom is 0.245 e. The average molecular weight is 375 g/mol. The van der Waals surface area contributed by atoms with Gasteiger partial charge in [0.2, 0.25) is 10.0 Å². The van der Waals surface area contributed by atoms with Gasteiger partial charge in [-0.2, -0.15) is 0 Å². The van der Waals surface area contributed by atoms with E-state index in [-0.39, 0.29) is 4.90 Å². The van der Waals surface area contributed by atoms with E-state index in [0.717, 1.165) is 24.0 Å². The van der Waals surface area contributed by atoms with Gasteiger partial charge < -0.3 is 14.2 Å². The van der Waals surface area contributed by atoms with E-state index in [1.54, 1.807) is 12.1 Å². The van der Waals surface area contributed by atoms with Crippen molar-refractivity contribution in [2.24, 2.45) is 0 Å². The lowest BCUT2D eigenvalue weighted by molar-refractivity contribution is 0.171. The van der Waals surface area contributed by atoms with Crippen LogP contribution in [0.4, 0.5) is 0 Å². The van der Waals surface area contributed by atoms with Crippen molar-refractivity contribution in [1.29, 1.82) is 0 Å². The summed E-state index contributed by atoms with van der Waals surface area (Å²) in [5.41, 5.74) is 1.14. The fraction of sp³-hybridized carbons (Fsp3) is 0.368. The second kappa shape index (κ2) is 6.17. The van der Waals surface area contributed by atoms with Gasteiger partial charge in [-0.25, -0.2) is 13.1 Å². The Hall–Kier alpha value is -2.25. The Bertz CT molecular complexity index is 950. The third-order valence-electron chi connectivity index (χ3n) is 4.78. The Labute approximate surface area is 153 Å². The molecule has 1 saturated carbocycles. The first-order chi connectivity index (χ1) is 12.4. The standard InChI is InChI=1S/C19H21NO5S/c1-13-3-5-16(23-2)18(11-13)26(21,22)20-19(7-8-19)14-4-6-15-17(12-14)25-10-9-24-15/h3-6,11-12,20H,7-10H2,1-2H3. The molecule has 138 valence electrons. The SMILES string of the molecule is COc1ccc(C)cc1S(=O)(=O)NC1(c2ccc3c(c2)OCCO3)CC1. The highest BCUT2D eigenvalue weighted by Gasteiger charge is 2.48. The molecule has 0 saturated heterocycles. The summed E-state index contributed by atoms with van der Waals surface area (Å²) in [5, 5.41) is 0. The number of hydrogen-bond donors (Lipinski definition) is 1. The number of methoxy groups -OCH3 is 1. The molecule has 0 bridgehead atoms. The van der Waals surface area contributed by atoms with Gasteiger partial charge in [0.05, 0.1) is 12.6 Å². The number of nitrogens with one attached hydrogen (secondary N) is 1. The number of aryl methyl sites for hydroxylation is 1. The summed E-state index contributed by atoms with van der Waals surface area (Å²) in [7, 11) is -2.27. The molecule has 1 fully saturated rings. The third-order valence-corrected chi connectivity index (χ3v) is 6.34. The zero-order valence-corrected chi connectivity index (χ0v) is 15.6. The lowest BCUT2D eigenvalue weighted by atomic mass is 10.1. The molecule has 0 amide bonds. The van der Waals surface area contributed by atoms with Gasteiger partial charge in [-0.1, -0.05) is 12.1 Å². The zero-order chi connectivity index (χ0) is 18.4. The molecule has 26 heavy (non-hydrogen) atoms. The topological polar surface area (TPSA) is 73.9 Å². The fourth-order valence-electron chi connectivity index (χ4n) is 3.22. The summed E-state index contributed by atoms with van der Waals surface area (Å²) in [6.07, 6.45) is 1.47. The van der Waals surface area contributed by atoms with Gasteiger partial charge in [-0.15, -0.1) is 0 Å². The van der Waals surface area contributed by atoms with Crippen molar-refractivity contribution in [1.82, 2.24) is 4.72 Å². The smallest absolute Gasteiger partial charge is 0.245 e. The number of rotatable bonds is 5. The van der Waals surface area contributed by atoms with Gasteiger partial charge in [0, 0.05) is 0 Å². The maximum atomic E-state index is 13.0. The van der Waals surface area contributed by atoms with Crippen LogP contribution in [-0.4, -0.2) is 28.7 Å². The number of hydrogen-bond acceptors (Lipinski definition) is 5. The minimum atomic E-state index is -3.74. The number of benzene rings is 2. The van der Waals surface area contributed by atoms with Gasteiger partial charge in [-0.3, -0.25) is 0 Å². The first-order valence-electron chi connectivity index (χ1n) is 8.52. The molecule has 7 heteroatoms. The lowest BCUT2D eigenvalue weighted by Crippen LogP contribution is -2.35. The molecule has 0 atom stereocenters. The maximum absolute atomic E-state index is 13.0. The van der Waals surface area contributed by atoms with Gasteiger partial charge in [0.15, 0.2) is 11.5 Å². The van der Waals surface area contributed by atoms with Crippen LogP contribution >= 0.6 is 0 Å². The van der Waals surface area contributed by atoms with Crippen molar-refractivity contribution >= 4 is 10.0 Å². The molecule has 0 spiro atoms. The Morgan fingerprint density at radius 1 is 1.04 bits per heavy atom. The van der Waals surface area contributed by atoms with Crippen molar-refractivity contribution in [3.05, 3.63) is 47.5 Å². The highest BCUT2D eigenvalue weighted by Crippen LogP contribution is 2.49. The van der Waals surface area contributed by atoms with E-state index in [4.69, 9.17) is 14.2 Å². The number of fused-ring (bicyclic) bond motifs is 1. The normalized spacial score (nSPS) is 17.6. The van der Waals surface area contributed by atoms with Crippen molar-refractivity contribution in [2.45, 2.75) is 30.2 Å². The Balaban J connectivity index is 1.67. The van der Waals surface area contributed by atoms with E-state index in [9.17, 15) is 8.42 Å².